The van der Waals surface area contributed by atoms with Crippen molar-refractivity contribution < 1.29 is 14.3 Å². The maximum atomic E-state index is 11.6. The third-order valence-corrected chi connectivity index (χ3v) is 6.18. The van der Waals surface area contributed by atoms with Gasteiger partial charge in [-0.1, -0.05) is 22.9 Å². The third-order valence-electron chi connectivity index (χ3n) is 5.10. The fraction of sp³-hybridized carbons (Fsp3) is 0.409. The molecule has 164 valence electrons. The van der Waals surface area contributed by atoms with E-state index in [0.29, 0.717) is 40.5 Å². The Bertz CT molecular complexity index is 1030. The van der Waals surface area contributed by atoms with Gasteiger partial charge in [-0.15, -0.1) is 0 Å². The molecule has 1 fully saturated rings. The lowest BCUT2D eigenvalue weighted by molar-refractivity contribution is -0.127. The Kier molecular flexibility index (Phi) is 7.21. The number of carbonyl (C=O) groups excluding carboxylic acids is 1. The van der Waals surface area contributed by atoms with Gasteiger partial charge in [0, 0.05) is 32.3 Å². The maximum Gasteiger partial charge on any atom is 0.281 e. The van der Waals surface area contributed by atoms with Crippen molar-refractivity contribution in [3.05, 3.63) is 41.6 Å². The number of likely N-dealkylation sites (N-methyl/N-ethyl adjacent to an activating group) is 1. The van der Waals surface area contributed by atoms with E-state index in [1.165, 1.54) is 11.3 Å². The van der Waals surface area contributed by atoms with E-state index in [4.69, 9.17) is 21.1 Å². The van der Waals surface area contributed by atoms with E-state index in [1.807, 2.05) is 35.2 Å². The van der Waals surface area contributed by atoms with Gasteiger partial charge >= 0.3 is 0 Å². The van der Waals surface area contributed by atoms with Crippen LogP contribution in [0.25, 0.3) is 10.3 Å². The molecule has 1 amide bonds. The fourth-order valence-electron chi connectivity index (χ4n) is 3.43. The van der Waals surface area contributed by atoms with Crippen LogP contribution in [0, 0.1) is 0 Å². The SMILES string of the molecule is CN(CCCN1CCCC1=O)CCOc1ccc(Oc2nc3ncc(Cl)cc3s2)cc1. The van der Waals surface area contributed by atoms with Crippen LogP contribution in [0.5, 0.6) is 16.7 Å². The van der Waals surface area contributed by atoms with E-state index in [-0.39, 0.29) is 0 Å². The van der Waals surface area contributed by atoms with Crippen LogP contribution in [0.1, 0.15) is 19.3 Å². The molecule has 31 heavy (non-hydrogen) atoms. The summed E-state index contributed by atoms with van der Waals surface area (Å²) in [5.74, 6) is 1.77. The average molecular weight is 461 g/mol. The summed E-state index contributed by atoms with van der Waals surface area (Å²) in [7, 11) is 2.08. The normalized spacial score (nSPS) is 14.0. The monoisotopic (exact) mass is 460 g/mol. The molecule has 0 N–H and O–H groups in total. The van der Waals surface area contributed by atoms with Crippen molar-refractivity contribution >= 4 is 39.2 Å². The summed E-state index contributed by atoms with van der Waals surface area (Å²) in [5, 5.41) is 1.10. The summed E-state index contributed by atoms with van der Waals surface area (Å²) in [5.41, 5.74) is 0.625. The highest BCUT2D eigenvalue weighted by Crippen LogP contribution is 2.32. The Morgan fingerprint density at radius 2 is 2.03 bits per heavy atom. The smallest absolute Gasteiger partial charge is 0.281 e. The molecule has 3 aromatic rings. The van der Waals surface area contributed by atoms with E-state index in [0.717, 1.165) is 49.5 Å². The van der Waals surface area contributed by atoms with E-state index < -0.39 is 0 Å². The van der Waals surface area contributed by atoms with Crippen LogP contribution < -0.4 is 9.47 Å². The van der Waals surface area contributed by atoms with Crippen LogP contribution in [-0.2, 0) is 4.79 Å². The minimum atomic E-state index is 0.294. The predicted molar refractivity (Wildman–Crippen MR) is 122 cm³/mol. The number of fused-ring (bicyclic) bond motifs is 1. The molecule has 1 aliphatic heterocycles. The second-order valence-electron chi connectivity index (χ2n) is 7.52. The molecule has 1 aliphatic rings. The zero-order chi connectivity index (χ0) is 21.6. The number of ether oxygens (including phenoxy) is 2. The minimum Gasteiger partial charge on any atom is -0.492 e. The number of hydrogen-bond donors (Lipinski definition) is 0. The molecule has 3 heterocycles. The maximum absolute atomic E-state index is 11.6. The Labute approximate surface area is 190 Å². The van der Waals surface area contributed by atoms with Gasteiger partial charge in [-0.2, -0.15) is 4.98 Å². The fourth-order valence-corrected chi connectivity index (χ4v) is 4.48. The Hall–Kier alpha value is -2.42. The second kappa shape index (κ2) is 10.3. The number of thiazole rings is 1. The van der Waals surface area contributed by atoms with Gasteiger partial charge in [-0.3, -0.25) is 4.79 Å². The molecular formula is C22H25ClN4O3S. The lowest BCUT2D eigenvalue weighted by atomic mass is 10.3. The van der Waals surface area contributed by atoms with E-state index >= 15 is 0 Å². The number of hydrogen-bond acceptors (Lipinski definition) is 7. The predicted octanol–water partition coefficient (Wildman–Crippen LogP) is 4.46. The highest BCUT2D eigenvalue weighted by molar-refractivity contribution is 7.20. The van der Waals surface area contributed by atoms with Gasteiger partial charge in [-0.25, -0.2) is 4.98 Å². The van der Waals surface area contributed by atoms with E-state index in [1.54, 1.807) is 6.20 Å². The molecule has 2 aromatic heterocycles. The van der Waals surface area contributed by atoms with E-state index in [2.05, 4.69) is 21.9 Å². The van der Waals surface area contributed by atoms with E-state index in [9.17, 15) is 4.79 Å². The van der Waals surface area contributed by atoms with Crippen LogP contribution in [0.15, 0.2) is 36.5 Å². The number of carbonyl (C=O) groups is 1. The highest BCUT2D eigenvalue weighted by atomic mass is 35.5. The van der Waals surface area contributed by atoms with Crippen molar-refractivity contribution in [2.45, 2.75) is 19.3 Å². The van der Waals surface area contributed by atoms with Gasteiger partial charge in [-0.05, 0) is 56.8 Å². The molecule has 0 bridgehead atoms. The molecule has 0 saturated carbocycles. The molecule has 4 rings (SSSR count). The van der Waals surface area contributed by atoms with Crippen molar-refractivity contribution in [3.63, 3.8) is 0 Å². The van der Waals surface area contributed by atoms with Crippen LogP contribution in [0.3, 0.4) is 0 Å². The molecular weight excluding hydrogens is 436 g/mol. The molecule has 7 nitrogen and oxygen atoms in total. The molecule has 0 unspecified atom stereocenters. The summed E-state index contributed by atoms with van der Waals surface area (Å²) < 4.78 is 12.6. The first kappa shape index (κ1) is 21.8. The lowest BCUT2D eigenvalue weighted by Crippen LogP contribution is -2.30. The number of amides is 1. The summed E-state index contributed by atoms with van der Waals surface area (Å²) in [4.78, 5) is 24.4. The van der Waals surface area contributed by atoms with Gasteiger partial charge < -0.3 is 19.3 Å². The molecule has 1 saturated heterocycles. The van der Waals surface area contributed by atoms with Crippen LogP contribution in [-0.4, -0.2) is 65.5 Å². The topological polar surface area (TPSA) is 67.8 Å². The first-order valence-corrected chi connectivity index (χ1v) is 11.6. The summed E-state index contributed by atoms with van der Waals surface area (Å²) in [6.45, 7) is 4.14. The summed E-state index contributed by atoms with van der Waals surface area (Å²) in [6, 6.07) is 9.32. The number of likely N-dealkylation sites (tertiary alicyclic amines) is 1. The Morgan fingerprint density at radius 3 is 2.81 bits per heavy atom. The molecule has 0 radical (unpaired) electrons. The molecule has 9 heteroatoms. The van der Waals surface area contributed by atoms with Crippen molar-refractivity contribution in [1.29, 1.82) is 0 Å². The van der Waals surface area contributed by atoms with Crippen LogP contribution >= 0.6 is 22.9 Å². The molecule has 0 aliphatic carbocycles. The van der Waals surface area contributed by atoms with Crippen molar-refractivity contribution in [3.8, 4) is 16.7 Å². The summed E-state index contributed by atoms with van der Waals surface area (Å²) in [6.07, 6.45) is 4.27. The van der Waals surface area contributed by atoms with Gasteiger partial charge in [0.2, 0.25) is 5.91 Å². The quantitative estimate of drug-likeness (QED) is 0.445. The number of rotatable bonds is 10. The van der Waals surface area contributed by atoms with Gasteiger partial charge in [0.25, 0.3) is 5.19 Å². The molecule has 0 spiro atoms. The van der Waals surface area contributed by atoms with Crippen LogP contribution in [0.2, 0.25) is 5.02 Å². The summed E-state index contributed by atoms with van der Waals surface area (Å²) >= 11 is 7.37. The minimum absolute atomic E-state index is 0.294. The molecule has 1 aromatic carbocycles. The van der Waals surface area contributed by atoms with Crippen molar-refractivity contribution in [1.82, 2.24) is 19.8 Å². The standard InChI is InChI=1S/C22H25ClN4O3S/c1-26(9-3-11-27-10-2-4-20(27)28)12-13-29-17-5-7-18(8-6-17)30-22-25-21-19(31-22)14-16(23)15-24-21/h5-8,14-15H,2-4,9-13H2,1H3. The highest BCUT2D eigenvalue weighted by Gasteiger charge is 2.19. The largest absolute Gasteiger partial charge is 0.492 e. The zero-order valence-corrected chi connectivity index (χ0v) is 19.0. The average Bonchev–Trinajstić information content (AvgIpc) is 3.34. The first-order valence-electron chi connectivity index (χ1n) is 10.4. The molecule has 0 atom stereocenters. The Balaban J connectivity index is 1.18. The first-order chi connectivity index (χ1) is 15.1. The Morgan fingerprint density at radius 1 is 1.23 bits per heavy atom. The van der Waals surface area contributed by atoms with Crippen molar-refractivity contribution in [2.24, 2.45) is 0 Å². The van der Waals surface area contributed by atoms with Crippen LogP contribution in [0.4, 0.5) is 0 Å². The number of benzene rings is 1. The third kappa shape index (κ3) is 6.06. The second-order valence-corrected chi connectivity index (χ2v) is 8.95. The lowest BCUT2D eigenvalue weighted by Gasteiger charge is -2.20. The number of halogens is 1. The zero-order valence-electron chi connectivity index (χ0n) is 17.4. The number of aromatic nitrogens is 2. The van der Waals surface area contributed by atoms with Crippen molar-refractivity contribution in [2.75, 3.05) is 39.8 Å². The number of pyridine rings is 1. The van der Waals surface area contributed by atoms with Gasteiger partial charge in [0.1, 0.15) is 18.1 Å². The van der Waals surface area contributed by atoms with Gasteiger partial charge in [0.05, 0.1) is 9.72 Å². The van der Waals surface area contributed by atoms with Gasteiger partial charge in [0.15, 0.2) is 5.65 Å². The number of nitrogens with zero attached hydrogens (tertiary/aromatic N) is 4.